The van der Waals surface area contributed by atoms with Gasteiger partial charge in [0.1, 0.15) is 17.2 Å². The molecule has 0 bridgehead atoms. The number of anilines is 2. The lowest BCUT2D eigenvalue weighted by Gasteiger charge is -2.19. The molecule has 0 heterocycles. The number of nitrogens with one attached hydrogen (secondary N) is 2. The molecule has 7 nitrogen and oxygen atoms in total. The number of carbonyl (C=O) groups excluding carboxylic acids is 1. The molecule has 4 rings (SSSR count). The van der Waals surface area contributed by atoms with Crippen LogP contribution in [-0.2, 0) is 4.79 Å². The largest absolute Gasteiger partial charge is 0.506 e. The summed E-state index contributed by atoms with van der Waals surface area (Å²) in [6, 6.07) is 13.4. The van der Waals surface area contributed by atoms with Crippen LogP contribution in [0.4, 0.5) is 17.1 Å². The molecule has 5 N–H and O–H groups in total. The summed E-state index contributed by atoms with van der Waals surface area (Å²) in [6.07, 6.45) is 2.89. The quantitative estimate of drug-likeness (QED) is 0.198. The van der Waals surface area contributed by atoms with Gasteiger partial charge in [-0.1, -0.05) is 34.8 Å². The molecule has 0 atom stereocenters. The number of hydrogen-bond donors (Lipinski definition) is 5. The van der Waals surface area contributed by atoms with E-state index in [1.807, 2.05) is 0 Å². The first-order valence-corrected chi connectivity index (χ1v) is 10.9. The normalized spacial score (nSPS) is 14.6. The van der Waals surface area contributed by atoms with Crippen molar-refractivity contribution in [2.24, 2.45) is 4.99 Å². The fourth-order valence-corrected chi connectivity index (χ4v) is 3.58. The minimum Gasteiger partial charge on any atom is -0.506 e. The van der Waals surface area contributed by atoms with Crippen LogP contribution in [-0.4, -0.2) is 26.8 Å². The standard InChI is InChI=1S/C24H16Cl3N3O4/c25-15-7-12(1-4-21(15)31)28-18-10-20(30-14-3-6-23(33)17(27)9-14)24(34)11-19(18)29-13-2-5-22(32)16(26)8-13/h1-11,29-33H. The Labute approximate surface area is 209 Å². The van der Waals surface area contributed by atoms with Gasteiger partial charge < -0.3 is 26.0 Å². The number of aromatic hydroxyl groups is 3. The molecule has 0 amide bonds. The monoisotopic (exact) mass is 515 g/mol. The van der Waals surface area contributed by atoms with E-state index in [1.54, 1.807) is 18.2 Å². The summed E-state index contributed by atoms with van der Waals surface area (Å²) in [7, 11) is 0. The zero-order chi connectivity index (χ0) is 24.4. The van der Waals surface area contributed by atoms with Crippen molar-refractivity contribution in [3.05, 3.63) is 93.2 Å². The minimum atomic E-state index is -0.348. The molecular formula is C24H16Cl3N3O4. The van der Waals surface area contributed by atoms with E-state index in [1.165, 1.54) is 48.6 Å². The molecule has 0 aromatic heterocycles. The van der Waals surface area contributed by atoms with Crippen LogP contribution < -0.4 is 10.6 Å². The van der Waals surface area contributed by atoms with Crippen molar-refractivity contribution in [3.8, 4) is 17.2 Å². The number of nitrogens with zero attached hydrogens (tertiary/aromatic N) is 1. The van der Waals surface area contributed by atoms with E-state index in [2.05, 4.69) is 15.6 Å². The number of rotatable bonds is 5. The summed E-state index contributed by atoms with van der Waals surface area (Å²) in [5.74, 6) is -0.590. The molecule has 1 aliphatic rings. The van der Waals surface area contributed by atoms with E-state index in [0.717, 1.165) is 0 Å². The molecule has 0 radical (unpaired) electrons. The summed E-state index contributed by atoms with van der Waals surface area (Å²) in [5.41, 5.74) is 2.40. The van der Waals surface area contributed by atoms with E-state index in [4.69, 9.17) is 34.8 Å². The zero-order valence-corrected chi connectivity index (χ0v) is 19.4. The Morgan fingerprint density at radius 3 is 1.68 bits per heavy atom. The van der Waals surface area contributed by atoms with E-state index < -0.39 is 0 Å². The van der Waals surface area contributed by atoms with Crippen molar-refractivity contribution in [2.45, 2.75) is 0 Å². The summed E-state index contributed by atoms with van der Waals surface area (Å²) in [6.45, 7) is 0. The third kappa shape index (κ3) is 5.28. The lowest BCUT2D eigenvalue weighted by molar-refractivity contribution is -0.111. The van der Waals surface area contributed by atoms with Crippen LogP contribution in [0, 0.1) is 0 Å². The van der Waals surface area contributed by atoms with Crippen LogP contribution in [0.5, 0.6) is 17.2 Å². The first-order chi connectivity index (χ1) is 16.2. The molecule has 172 valence electrons. The predicted molar refractivity (Wildman–Crippen MR) is 135 cm³/mol. The fraction of sp³-hybridized carbons (Fsp3) is 0. The lowest BCUT2D eigenvalue weighted by Crippen LogP contribution is -2.22. The van der Waals surface area contributed by atoms with Gasteiger partial charge in [-0.3, -0.25) is 4.79 Å². The maximum absolute atomic E-state index is 12.9. The van der Waals surface area contributed by atoms with Crippen molar-refractivity contribution in [1.29, 1.82) is 0 Å². The van der Waals surface area contributed by atoms with Crippen LogP contribution in [0.25, 0.3) is 0 Å². The van der Waals surface area contributed by atoms with Gasteiger partial charge in [0.05, 0.1) is 37.9 Å². The van der Waals surface area contributed by atoms with Gasteiger partial charge in [0.15, 0.2) is 0 Å². The maximum Gasteiger partial charge on any atom is 0.204 e. The number of ketones is 1. The van der Waals surface area contributed by atoms with Gasteiger partial charge >= 0.3 is 0 Å². The van der Waals surface area contributed by atoms with Gasteiger partial charge in [-0.05, 0) is 60.7 Å². The number of halogens is 3. The topological polar surface area (TPSA) is 114 Å². The van der Waals surface area contributed by atoms with Crippen molar-refractivity contribution in [2.75, 3.05) is 10.6 Å². The second-order valence-corrected chi connectivity index (χ2v) is 8.42. The number of benzene rings is 3. The molecule has 3 aromatic rings. The van der Waals surface area contributed by atoms with Gasteiger partial charge in [0, 0.05) is 17.5 Å². The molecule has 0 fully saturated rings. The number of phenols is 3. The first-order valence-electron chi connectivity index (χ1n) is 9.76. The van der Waals surface area contributed by atoms with Gasteiger partial charge in [-0.15, -0.1) is 0 Å². The average molecular weight is 517 g/mol. The number of hydrogen-bond acceptors (Lipinski definition) is 7. The first kappa shape index (κ1) is 23.5. The third-order valence-electron chi connectivity index (χ3n) is 4.73. The Kier molecular flexibility index (Phi) is 6.70. The Hall–Kier alpha value is -3.65. The van der Waals surface area contributed by atoms with Crippen molar-refractivity contribution < 1.29 is 20.1 Å². The van der Waals surface area contributed by atoms with Gasteiger partial charge in [-0.2, -0.15) is 0 Å². The molecule has 0 saturated carbocycles. The zero-order valence-electron chi connectivity index (χ0n) is 17.2. The second-order valence-electron chi connectivity index (χ2n) is 7.20. The molecule has 0 unspecified atom stereocenters. The van der Waals surface area contributed by atoms with E-state index >= 15 is 0 Å². The highest BCUT2D eigenvalue weighted by molar-refractivity contribution is 6.33. The second kappa shape index (κ2) is 9.69. The van der Waals surface area contributed by atoms with Crippen molar-refractivity contribution in [3.63, 3.8) is 0 Å². The molecule has 0 aliphatic heterocycles. The molecular weight excluding hydrogens is 501 g/mol. The van der Waals surface area contributed by atoms with Crippen LogP contribution in [0.1, 0.15) is 0 Å². The Morgan fingerprint density at radius 1 is 0.647 bits per heavy atom. The van der Waals surface area contributed by atoms with Crippen LogP contribution in [0.3, 0.4) is 0 Å². The highest BCUT2D eigenvalue weighted by Crippen LogP contribution is 2.31. The van der Waals surface area contributed by atoms with E-state index in [-0.39, 0.29) is 43.8 Å². The predicted octanol–water partition coefficient (Wildman–Crippen LogP) is 6.41. The van der Waals surface area contributed by atoms with Crippen LogP contribution in [0.15, 0.2) is 83.1 Å². The summed E-state index contributed by atoms with van der Waals surface area (Å²) < 4.78 is 0. The smallest absolute Gasteiger partial charge is 0.204 e. The number of aliphatic imine (C=N–C) groups is 1. The minimum absolute atomic E-state index is 0.0764. The SMILES string of the molecule is O=C1C=C(Nc2ccc(O)c(Cl)c2)C(=Nc2ccc(O)c(Cl)c2)C=C1Nc1ccc(O)c(Cl)c1. The molecule has 0 saturated heterocycles. The van der Waals surface area contributed by atoms with Gasteiger partial charge in [0.25, 0.3) is 0 Å². The Morgan fingerprint density at radius 2 is 1.15 bits per heavy atom. The van der Waals surface area contributed by atoms with Crippen molar-refractivity contribution >= 4 is 63.4 Å². The van der Waals surface area contributed by atoms with Crippen LogP contribution >= 0.6 is 34.8 Å². The summed E-state index contributed by atoms with van der Waals surface area (Å²) in [4.78, 5) is 17.4. The van der Waals surface area contributed by atoms with Gasteiger partial charge in [-0.25, -0.2) is 4.99 Å². The third-order valence-corrected chi connectivity index (χ3v) is 5.64. The molecule has 3 aromatic carbocycles. The molecule has 1 aliphatic carbocycles. The fourth-order valence-electron chi connectivity index (χ4n) is 3.04. The number of phenolic OH excluding ortho intramolecular Hbond substituents is 3. The highest BCUT2D eigenvalue weighted by atomic mass is 35.5. The van der Waals surface area contributed by atoms with E-state index in [0.29, 0.717) is 28.5 Å². The summed E-state index contributed by atoms with van der Waals surface area (Å²) >= 11 is 18.0. The number of carbonyl (C=O) groups is 1. The molecule has 34 heavy (non-hydrogen) atoms. The highest BCUT2D eigenvalue weighted by Gasteiger charge is 2.20. The van der Waals surface area contributed by atoms with Crippen LogP contribution in [0.2, 0.25) is 15.1 Å². The van der Waals surface area contributed by atoms with E-state index in [9.17, 15) is 20.1 Å². The Balaban J connectivity index is 1.72. The lowest BCUT2D eigenvalue weighted by atomic mass is 10.0. The number of allylic oxidation sites excluding steroid dienone is 2. The van der Waals surface area contributed by atoms with Gasteiger partial charge in [0.2, 0.25) is 5.78 Å². The summed E-state index contributed by atoms with van der Waals surface area (Å²) in [5, 5.41) is 35.4. The molecule has 10 heteroatoms. The molecule has 0 spiro atoms. The van der Waals surface area contributed by atoms with Crippen molar-refractivity contribution in [1.82, 2.24) is 0 Å². The Bertz CT molecular complexity index is 1400. The average Bonchev–Trinajstić information content (AvgIpc) is 2.79. The maximum atomic E-state index is 12.9.